The molecule has 2 rings (SSSR count). The minimum absolute atomic E-state index is 0.0321. The molecule has 16 heavy (non-hydrogen) atoms. The third-order valence-electron chi connectivity index (χ3n) is 2.32. The zero-order valence-corrected chi connectivity index (χ0v) is 8.46. The number of carbonyl (C=O) groups is 2. The minimum atomic E-state index is -1.04. The molecule has 0 aromatic carbocycles. The summed E-state index contributed by atoms with van der Waals surface area (Å²) in [5, 5.41) is 8.76. The van der Waals surface area contributed by atoms with E-state index in [1.54, 1.807) is 18.5 Å². The predicted molar refractivity (Wildman–Crippen MR) is 55.1 cm³/mol. The molecule has 5 nitrogen and oxygen atoms in total. The minimum Gasteiger partial charge on any atom is -0.478 e. The second-order valence-electron chi connectivity index (χ2n) is 3.52. The molecule has 0 unspecified atom stereocenters. The van der Waals surface area contributed by atoms with Crippen LogP contribution in [0.25, 0.3) is 0 Å². The molecule has 5 heteroatoms. The Kier molecular flexibility index (Phi) is 2.68. The summed E-state index contributed by atoms with van der Waals surface area (Å²) in [6, 6.07) is 3.62. The molecule has 0 atom stereocenters. The lowest BCUT2D eigenvalue weighted by atomic mass is 10.2. The van der Waals surface area contributed by atoms with Crippen LogP contribution in [0.5, 0.6) is 0 Å². The highest BCUT2D eigenvalue weighted by molar-refractivity contribution is 5.97. The third-order valence-corrected chi connectivity index (χ3v) is 2.32. The van der Waals surface area contributed by atoms with Gasteiger partial charge < -0.3 is 10.0 Å². The molecular weight excluding hydrogens is 208 g/mol. The Bertz CT molecular complexity index is 454. The first-order valence-corrected chi connectivity index (χ1v) is 4.79. The molecule has 1 aromatic rings. The first-order valence-electron chi connectivity index (χ1n) is 4.79. The van der Waals surface area contributed by atoms with Crippen molar-refractivity contribution in [1.82, 2.24) is 9.88 Å². The van der Waals surface area contributed by atoms with Crippen LogP contribution in [0.2, 0.25) is 0 Å². The molecule has 0 saturated carbocycles. The van der Waals surface area contributed by atoms with E-state index in [0.717, 1.165) is 5.56 Å². The van der Waals surface area contributed by atoms with Gasteiger partial charge in [0.15, 0.2) is 0 Å². The molecule has 0 fully saturated rings. The first kappa shape index (κ1) is 10.4. The second kappa shape index (κ2) is 4.14. The highest BCUT2D eigenvalue weighted by Gasteiger charge is 2.25. The van der Waals surface area contributed by atoms with E-state index in [9.17, 15) is 9.59 Å². The largest absolute Gasteiger partial charge is 0.478 e. The lowest BCUT2D eigenvalue weighted by molar-refractivity contribution is -0.134. The Balaban J connectivity index is 2.12. The molecule has 0 saturated heterocycles. The first-order chi connectivity index (χ1) is 7.66. The summed E-state index contributed by atoms with van der Waals surface area (Å²) >= 11 is 0. The van der Waals surface area contributed by atoms with Crippen LogP contribution in [0.1, 0.15) is 12.0 Å². The van der Waals surface area contributed by atoms with Crippen LogP contribution in [0.15, 0.2) is 36.3 Å². The zero-order valence-electron chi connectivity index (χ0n) is 8.46. The Labute approximate surface area is 92.0 Å². The number of rotatable bonds is 3. The summed E-state index contributed by atoms with van der Waals surface area (Å²) in [6.07, 6.45) is 4.65. The maximum Gasteiger partial charge on any atom is 0.333 e. The SMILES string of the molecule is O=C(O)C1=CN(Cc2cccnc2)C(=O)C1. The lowest BCUT2D eigenvalue weighted by Gasteiger charge is -2.12. The van der Waals surface area contributed by atoms with Crippen LogP contribution in [0, 0.1) is 0 Å². The van der Waals surface area contributed by atoms with Crippen LogP contribution in [0.4, 0.5) is 0 Å². The van der Waals surface area contributed by atoms with E-state index in [4.69, 9.17) is 5.11 Å². The van der Waals surface area contributed by atoms with Gasteiger partial charge in [0.25, 0.3) is 0 Å². The van der Waals surface area contributed by atoms with E-state index < -0.39 is 5.97 Å². The van der Waals surface area contributed by atoms with Crippen LogP contribution in [-0.2, 0) is 16.1 Å². The van der Waals surface area contributed by atoms with Gasteiger partial charge in [-0.25, -0.2) is 4.79 Å². The third kappa shape index (κ3) is 2.08. The molecule has 1 aliphatic rings. The lowest BCUT2D eigenvalue weighted by Crippen LogP contribution is -2.20. The molecule has 1 N–H and O–H groups in total. The summed E-state index contributed by atoms with van der Waals surface area (Å²) in [5.41, 5.74) is 1.01. The molecule has 0 spiro atoms. The molecule has 0 radical (unpaired) electrons. The van der Waals surface area contributed by atoms with Crippen molar-refractivity contribution in [3.63, 3.8) is 0 Å². The Morgan fingerprint density at radius 3 is 2.94 bits per heavy atom. The van der Waals surface area contributed by atoms with Gasteiger partial charge in [-0.05, 0) is 11.6 Å². The number of amides is 1. The fourth-order valence-corrected chi connectivity index (χ4v) is 1.52. The average molecular weight is 218 g/mol. The standard InChI is InChI=1S/C11H10N2O3/c14-10-4-9(11(15)16)7-13(10)6-8-2-1-3-12-5-8/h1-3,5,7H,4,6H2,(H,15,16). The van der Waals surface area contributed by atoms with Gasteiger partial charge in [-0.1, -0.05) is 6.07 Å². The van der Waals surface area contributed by atoms with Crippen molar-refractivity contribution in [1.29, 1.82) is 0 Å². The van der Waals surface area contributed by atoms with Crippen LogP contribution < -0.4 is 0 Å². The summed E-state index contributed by atoms with van der Waals surface area (Å²) < 4.78 is 0. The second-order valence-corrected chi connectivity index (χ2v) is 3.52. The molecule has 82 valence electrons. The van der Waals surface area contributed by atoms with Crippen molar-refractivity contribution in [3.8, 4) is 0 Å². The Hall–Kier alpha value is -2.17. The van der Waals surface area contributed by atoms with E-state index in [2.05, 4.69) is 4.98 Å². The highest BCUT2D eigenvalue weighted by atomic mass is 16.4. The molecule has 0 aliphatic carbocycles. The maximum absolute atomic E-state index is 11.5. The van der Waals surface area contributed by atoms with Crippen molar-refractivity contribution >= 4 is 11.9 Å². The molecular formula is C11H10N2O3. The number of nitrogens with zero attached hydrogens (tertiary/aromatic N) is 2. The van der Waals surface area contributed by atoms with E-state index in [1.165, 1.54) is 11.1 Å². The smallest absolute Gasteiger partial charge is 0.333 e. The predicted octanol–water partition coefficient (Wildman–Crippen LogP) is 0.782. The number of carboxylic acids is 1. The van der Waals surface area contributed by atoms with Crippen molar-refractivity contribution < 1.29 is 14.7 Å². The van der Waals surface area contributed by atoms with Gasteiger partial charge in [0.05, 0.1) is 18.5 Å². The fraction of sp³-hybridized carbons (Fsp3) is 0.182. The molecule has 1 amide bonds. The number of hydrogen-bond acceptors (Lipinski definition) is 3. The molecule has 1 aliphatic heterocycles. The number of carboxylic acid groups (broad SMARTS) is 1. The van der Waals surface area contributed by atoms with Crippen LogP contribution in [0.3, 0.4) is 0 Å². The summed E-state index contributed by atoms with van der Waals surface area (Å²) in [6.45, 7) is 0.365. The topological polar surface area (TPSA) is 70.5 Å². The van der Waals surface area contributed by atoms with Gasteiger partial charge in [-0.15, -0.1) is 0 Å². The van der Waals surface area contributed by atoms with Gasteiger partial charge >= 0.3 is 5.97 Å². The maximum atomic E-state index is 11.5. The van der Waals surface area contributed by atoms with Gasteiger partial charge in [-0.3, -0.25) is 9.78 Å². The van der Waals surface area contributed by atoms with Crippen molar-refractivity contribution in [2.45, 2.75) is 13.0 Å². The summed E-state index contributed by atoms with van der Waals surface area (Å²) in [7, 11) is 0. The van der Waals surface area contributed by atoms with Crippen LogP contribution >= 0.6 is 0 Å². The number of pyridine rings is 1. The molecule has 2 heterocycles. The average Bonchev–Trinajstić information content (AvgIpc) is 2.62. The quantitative estimate of drug-likeness (QED) is 0.813. The number of aliphatic carboxylic acids is 1. The number of carbonyl (C=O) groups excluding carboxylic acids is 1. The van der Waals surface area contributed by atoms with E-state index in [1.807, 2.05) is 6.07 Å². The van der Waals surface area contributed by atoms with Crippen molar-refractivity contribution in [2.24, 2.45) is 0 Å². The fourth-order valence-electron chi connectivity index (χ4n) is 1.52. The molecule has 0 bridgehead atoms. The highest BCUT2D eigenvalue weighted by Crippen LogP contribution is 2.18. The normalized spacial score (nSPS) is 15.1. The number of aromatic nitrogens is 1. The van der Waals surface area contributed by atoms with E-state index >= 15 is 0 Å². The van der Waals surface area contributed by atoms with E-state index in [0.29, 0.717) is 6.54 Å². The summed E-state index contributed by atoms with van der Waals surface area (Å²) in [5.74, 6) is -1.23. The van der Waals surface area contributed by atoms with Crippen molar-refractivity contribution in [2.75, 3.05) is 0 Å². The van der Waals surface area contributed by atoms with Crippen molar-refractivity contribution in [3.05, 3.63) is 41.9 Å². The van der Waals surface area contributed by atoms with Gasteiger partial charge in [0.2, 0.25) is 5.91 Å². The van der Waals surface area contributed by atoms with Crippen LogP contribution in [-0.4, -0.2) is 26.9 Å². The number of hydrogen-bond donors (Lipinski definition) is 1. The summed E-state index contributed by atoms with van der Waals surface area (Å²) in [4.78, 5) is 27.5. The van der Waals surface area contributed by atoms with Gasteiger partial charge in [0, 0.05) is 18.6 Å². The molecule has 1 aromatic heterocycles. The zero-order chi connectivity index (χ0) is 11.5. The van der Waals surface area contributed by atoms with Gasteiger partial charge in [0.1, 0.15) is 0 Å². The van der Waals surface area contributed by atoms with E-state index in [-0.39, 0.29) is 17.9 Å². The Morgan fingerprint density at radius 2 is 2.38 bits per heavy atom. The monoisotopic (exact) mass is 218 g/mol. The Morgan fingerprint density at radius 1 is 1.56 bits per heavy atom. The van der Waals surface area contributed by atoms with Gasteiger partial charge in [-0.2, -0.15) is 0 Å².